The fourth-order valence-electron chi connectivity index (χ4n) is 4.13. The molecule has 2 aromatic rings. The molecule has 1 amide bonds. The topological polar surface area (TPSA) is 47.0 Å². The van der Waals surface area contributed by atoms with Gasteiger partial charge in [0.25, 0.3) is 5.91 Å². The number of aliphatic hydroxyl groups is 1. The van der Waals surface area contributed by atoms with Crippen LogP contribution in [0.25, 0.3) is 0 Å². The Morgan fingerprint density at radius 2 is 1.86 bits per heavy atom. The Balaban J connectivity index is 1.31. The molecule has 2 saturated heterocycles. The zero-order chi connectivity index (χ0) is 19.7. The number of aliphatic hydroxyl groups excluding tert-OH is 1. The minimum atomic E-state index is -0.480. The van der Waals surface area contributed by atoms with E-state index in [1.165, 1.54) is 16.9 Å². The van der Waals surface area contributed by atoms with Gasteiger partial charge in [0.05, 0.1) is 17.0 Å². The second-order valence-electron chi connectivity index (χ2n) is 7.72. The molecule has 7 heteroatoms. The molecule has 2 aliphatic rings. The molecule has 2 unspecified atom stereocenters. The van der Waals surface area contributed by atoms with Crippen LogP contribution in [0.5, 0.6) is 0 Å². The fourth-order valence-corrected chi connectivity index (χ4v) is 5.15. The van der Waals surface area contributed by atoms with Gasteiger partial charge in [-0.25, -0.2) is 0 Å². The number of carbonyl (C=O) groups is 1. The second-order valence-corrected chi connectivity index (χ2v) is 9.07. The lowest BCUT2D eigenvalue weighted by atomic mass is 10.1. The molecule has 4 rings (SSSR count). The number of amides is 1. The number of piperazine rings is 1. The summed E-state index contributed by atoms with van der Waals surface area (Å²) in [4.78, 5) is 20.2. The summed E-state index contributed by atoms with van der Waals surface area (Å²) in [5.41, 5.74) is 2.28. The van der Waals surface area contributed by atoms with Crippen LogP contribution in [-0.4, -0.2) is 77.1 Å². The number of β-amino-alcohol motifs (C(OH)–C–C–N with tert-alkyl or cyclic N) is 1. The fraction of sp³-hybridized carbons (Fsp3) is 0.476. The lowest BCUT2D eigenvalue weighted by Gasteiger charge is -2.38. The summed E-state index contributed by atoms with van der Waals surface area (Å²) in [6.07, 6.45) is -0.480. The molecule has 28 heavy (non-hydrogen) atoms. The summed E-state index contributed by atoms with van der Waals surface area (Å²) < 4.78 is 0. The van der Waals surface area contributed by atoms with Gasteiger partial charge in [-0.15, -0.1) is 11.3 Å². The van der Waals surface area contributed by atoms with Crippen LogP contribution in [0.2, 0.25) is 5.02 Å². The highest BCUT2D eigenvalue weighted by atomic mass is 35.5. The Hall–Kier alpha value is -1.44. The maximum atomic E-state index is 12.8. The Morgan fingerprint density at radius 1 is 1.14 bits per heavy atom. The van der Waals surface area contributed by atoms with E-state index in [1.54, 1.807) is 0 Å². The first-order valence-electron chi connectivity index (χ1n) is 9.73. The molecule has 5 nitrogen and oxygen atoms in total. The van der Waals surface area contributed by atoms with Gasteiger partial charge in [-0.2, -0.15) is 0 Å². The van der Waals surface area contributed by atoms with E-state index in [9.17, 15) is 9.90 Å². The van der Waals surface area contributed by atoms with Crippen molar-refractivity contribution in [1.82, 2.24) is 14.7 Å². The van der Waals surface area contributed by atoms with Crippen molar-refractivity contribution in [2.24, 2.45) is 0 Å². The van der Waals surface area contributed by atoms with Gasteiger partial charge in [-0.3, -0.25) is 14.6 Å². The zero-order valence-electron chi connectivity index (χ0n) is 16.1. The van der Waals surface area contributed by atoms with Crippen LogP contribution in [0.1, 0.15) is 20.8 Å². The highest BCUT2D eigenvalue weighted by molar-refractivity contribution is 7.12. The maximum absolute atomic E-state index is 12.8. The minimum Gasteiger partial charge on any atom is -0.390 e. The SMILES string of the molecule is Cc1ccsc1C(=O)N1CC(O)C(N2CCN(Cc3ccc(Cl)cc3)CC2)C1. The van der Waals surface area contributed by atoms with E-state index >= 15 is 0 Å². The van der Waals surface area contributed by atoms with E-state index in [0.29, 0.717) is 13.1 Å². The first-order chi connectivity index (χ1) is 13.5. The molecule has 1 aromatic carbocycles. The van der Waals surface area contributed by atoms with Crippen molar-refractivity contribution in [3.05, 3.63) is 56.7 Å². The largest absolute Gasteiger partial charge is 0.390 e. The number of nitrogens with zero attached hydrogens (tertiary/aromatic N) is 3. The van der Waals surface area contributed by atoms with E-state index in [4.69, 9.17) is 11.6 Å². The number of halogens is 1. The molecule has 0 saturated carbocycles. The van der Waals surface area contributed by atoms with Crippen LogP contribution >= 0.6 is 22.9 Å². The molecule has 0 spiro atoms. The number of likely N-dealkylation sites (tertiary alicyclic amines) is 1. The number of rotatable bonds is 4. The Morgan fingerprint density at radius 3 is 2.50 bits per heavy atom. The second kappa shape index (κ2) is 8.51. The van der Waals surface area contributed by atoms with Crippen molar-refractivity contribution < 1.29 is 9.90 Å². The Bertz CT molecular complexity index is 817. The van der Waals surface area contributed by atoms with Crippen LogP contribution in [0.15, 0.2) is 35.7 Å². The molecule has 0 bridgehead atoms. The van der Waals surface area contributed by atoms with Gasteiger partial charge in [0.1, 0.15) is 0 Å². The predicted octanol–water partition coefficient (Wildman–Crippen LogP) is 2.71. The van der Waals surface area contributed by atoms with E-state index in [1.807, 2.05) is 35.4 Å². The third-order valence-electron chi connectivity index (χ3n) is 5.80. The van der Waals surface area contributed by atoms with Crippen molar-refractivity contribution in [1.29, 1.82) is 0 Å². The van der Waals surface area contributed by atoms with Gasteiger partial charge in [-0.1, -0.05) is 23.7 Å². The van der Waals surface area contributed by atoms with Gasteiger partial charge < -0.3 is 10.0 Å². The normalized spacial score (nSPS) is 24.0. The third kappa shape index (κ3) is 4.26. The van der Waals surface area contributed by atoms with E-state index < -0.39 is 6.10 Å². The lowest BCUT2D eigenvalue weighted by molar-refractivity contribution is 0.0423. The maximum Gasteiger partial charge on any atom is 0.264 e. The van der Waals surface area contributed by atoms with Crippen LogP contribution in [-0.2, 0) is 6.54 Å². The van der Waals surface area contributed by atoms with Gasteiger partial charge in [0, 0.05) is 50.8 Å². The van der Waals surface area contributed by atoms with Crippen LogP contribution in [0.3, 0.4) is 0 Å². The molecule has 0 aliphatic carbocycles. The Kier molecular flexibility index (Phi) is 6.04. The third-order valence-corrected chi connectivity index (χ3v) is 7.05. The molecule has 2 aliphatic heterocycles. The summed E-state index contributed by atoms with van der Waals surface area (Å²) >= 11 is 7.45. The Labute approximate surface area is 175 Å². The van der Waals surface area contributed by atoms with Crippen molar-refractivity contribution in [2.75, 3.05) is 39.3 Å². The molecular formula is C21H26ClN3O2S. The molecule has 0 radical (unpaired) electrons. The quantitative estimate of drug-likeness (QED) is 0.827. The highest BCUT2D eigenvalue weighted by Gasteiger charge is 2.39. The number of benzene rings is 1. The molecule has 2 fully saturated rings. The van der Waals surface area contributed by atoms with Gasteiger partial charge >= 0.3 is 0 Å². The number of aryl methyl sites for hydroxylation is 1. The van der Waals surface area contributed by atoms with Crippen molar-refractivity contribution in [2.45, 2.75) is 25.6 Å². The minimum absolute atomic E-state index is 0.0295. The molecule has 3 heterocycles. The summed E-state index contributed by atoms with van der Waals surface area (Å²) in [6, 6.07) is 10.0. The number of hydrogen-bond acceptors (Lipinski definition) is 5. The van der Waals surface area contributed by atoms with E-state index in [0.717, 1.165) is 48.2 Å². The number of thiophene rings is 1. The molecule has 2 atom stereocenters. The monoisotopic (exact) mass is 419 g/mol. The van der Waals surface area contributed by atoms with Crippen molar-refractivity contribution in [3.63, 3.8) is 0 Å². The summed E-state index contributed by atoms with van der Waals surface area (Å²) in [5.74, 6) is 0.0513. The summed E-state index contributed by atoms with van der Waals surface area (Å²) in [5, 5.41) is 13.3. The average molecular weight is 420 g/mol. The van der Waals surface area contributed by atoms with Gasteiger partial charge in [0.2, 0.25) is 0 Å². The van der Waals surface area contributed by atoms with Crippen molar-refractivity contribution >= 4 is 28.8 Å². The van der Waals surface area contributed by atoms with Gasteiger partial charge in [-0.05, 0) is 41.6 Å². The number of hydrogen-bond donors (Lipinski definition) is 1. The summed E-state index contributed by atoms with van der Waals surface area (Å²) in [6.45, 7) is 7.66. The zero-order valence-corrected chi connectivity index (χ0v) is 17.6. The van der Waals surface area contributed by atoms with Crippen molar-refractivity contribution in [3.8, 4) is 0 Å². The van der Waals surface area contributed by atoms with Crippen LogP contribution in [0.4, 0.5) is 0 Å². The van der Waals surface area contributed by atoms with E-state index in [2.05, 4.69) is 21.9 Å². The molecule has 150 valence electrons. The number of carbonyl (C=O) groups excluding carboxylic acids is 1. The lowest BCUT2D eigenvalue weighted by Crippen LogP contribution is -2.53. The first-order valence-corrected chi connectivity index (χ1v) is 11.0. The average Bonchev–Trinajstić information content (AvgIpc) is 3.29. The van der Waals surface area contributed by atoms with E-state index in [-0.39, 0.29) is 11.9 Å². The van der Waals surface area contributed by atoms with Crippen LogP contribution < -0.4 is 0 Å². The van der Waals surface area contributed by atoms with Crippen LogP contribution in [0, 0.1) is 6.92 Å². The predicted molar refractivity (Wildman–Crippen MR) is 113 cm³/mol. The smallest absolute Gasteiger partial charge is 0.264 e. The molecule has 1 N–H and O–H groups in total. The molecular weight excluding hydrogens is 394 g/mol. The highest BCUT2D eigenvalue weighted by Crippen LogP contribution is 2.24. The molecule has 1 aromatic heterocycles. The first kappa shape index (κ1) is 19.9. The standard InChI is InChI=1S/C21H26ClN3O2S/c1-15-6-11-28-20(15)21(27)25-13-18(19(26)14-25)24-9-7-23(8-10-24)12-16-2-4-17(22)5-3-16/h2-6,11,18-19,26H,7-10,12-14H2,1H3. The van der Waals surface area contributed by atoms with Gasteiger partial charge in [0.15, 0.2) is 0 Å². The summed E-state index contributed by atoms with van der Waals surface area (Å²) in [7, 11) is 0.